The van der Waals surface area contributed by atoms with Crippen molar-refractivity contribution in [2.24, 2.45) is 5.92 Å². The van der Waals surface area contributed by atoms with Gasteiger partial charge in [0.2, 0.25) is 11.8 Å². The summed E-state index contributed by atoms with van der Waals surface area (Å²) >= 11 is 0. The quantitative estimate of drug-likeness (QED) is 0.694. The van der Waals surface area contributed by atoms with Crippen LogP contribution in [0.15, 0.2) is 42.5 Å². The predicted octanol–water partition coefficient (Wildman–Crippen LogP) is 1.52. The second-order valence-electron chi connectivity index (χ2n) is 6.54. The topological polar surface area (TPSA) is 108 Å². The number of carbonyl (C=O) groups is 3. The van der Waals surface area contributed by atoms with Gasteiger partial charge in [0.1, 0.15) is 11.5 Å². The van der Waals surface area contributed by atoms with Gasteiger partial charge in [-0.3, -0.25) is 25.2 Å². The summed E-state index contributed by atoms with van der Waals surface area (Å²) in [5.74, 6) is -1.59. The van der Waals surface area contributed by atoms with Crippen molar-refractivity contribution in [3.63, 3.8) is 0 Å². The Hall–Kier alpha value is -3.55. The number of anilines is 1. The summed E-state index contributed by atoms with van der Waals surface area (Å²) in [4.78, 5) is 38.4. The molecule has 0 radical (unpaired) electrons. The minimum atomic E-state index is -0.645. The van der Waals surface area contributed by atoms with Crippen LogP contribution in [0, 0.1) is 12.8 Å². The molecular weight excluding hydrogens is 362 g/mol. The number of rotatable bonds is 4. The van der Waals surface area contributed by atoms with Crippen molar-refractivity contribution in [1.82, 2.24) is 10.9 Å². The molecule has 1 aliphatic heterocycles. The average molecular weight is 383 g/mol. The number of aryl methyl sites for hydroxylation is 1. The van der Waals surface area contributed by atoms with E-state index in [1.54, 1.807) is 18.2 Å². The average Bonchev–Trinajstić information content (AvgIpc) is 3.07. The van der Waals surface area contributed by atoms with Crippen molar-refractivity contribution in [2.45, 2.75) is 13.3 Å². The molecule has 0 bridgehead atoms. The van der Waals surface area contributed by atoms with Gasteiger partial charge in [-0.15, -0.1) is 0 Å². The molecule has 8 nitrogen and oxygen atoms in total. The molecule has 1 unspecified atom stereocenters. The molecule has 0 saturated carbocycles. The first-order valence-electron chi connectivity index (χ1n) is 8.74. The van der Waals surface area contributed by atoms with Crippen LogP contribution < -0.4 is 20.5 Å². The van der Waals surface area contributed by atoms with Crippen molar-refractivity contribution in [2.75, 3.05) is 18.6 Å². The number of phenols is 1. The highest BCUT2D eigenvalue weighted by Crippen LogP contribution is 2.33. The van der Waals surface area contributed by atoms with Gasteiger partial charge in [0.15, 0.2) is 0 Å². The second-order valence-corrected chi connectivity index (χ2v) is 6.54. The summed E-state index contributed by atoms with van der Waals surface area (Å²) < 4.78 is 5.32. The SMILES string of the molecule is COc1ccc(C)cc1N1CC(C(=O)NNC(=O)c2ccccc2O)CC1=O. The van der Waals surface area contributed by atoms with Gasteiger partial charge in [0.25, 0.3) is 5.91 Å². The lowest BCUT2D eigenvalue weighted by atomic mass is 10.1. The molecule has 28 heavy (non-hydrogen) atoms. The van der Waals surface area contributed by atoms with Crippen LogP contribution in [0.3, 0.4) is 0 Å². The number of ether oxygens (including phenoxy) is 1. The summed E-state index contributed by atoms with van der Waals surface area (Å²) in [5, 5.41) is 9.69. The Bertz CT molecular complexity index is 928. The number of nitrogens with one attached hydrogen (secondary N) is 2. The molecule has 0 aliphatic carbocycles. The van der Waals surface area contributed by atoms with Crippen LogP contribution in [0.5, 0.6) is 11.5 Å². The summed E-state index contributed by atoms with van der Waals surface area (Å²) in [6.45, 7) is 2.08. The van der Waals surface area contributed by atoms with E-state index in [1.807, 2.05) is 19.1 Å². The molecule has 1 saturated heterocycles. The van der Waals surface area contributed by atoms with Crippen molar-refractivity contribution in [3.05, 3.63) is 53.6 Å². The Balaban J connectivity index is 1.65. The molecule has 0 aromatic heterocycles. The maximum Gasteiger partial charge on any atom is 0.273 e. The van der Waals surface area contributed by atoms with Crippen molar-refractivity contribution < 1.29 is 24.2 Å². The maximum atomic E-state index is 12.4. The van der Waals surface area contributed by atoms with Crippen molar-refractivity contribution in [3.8, 4) is 11.5 Å². The zero-order valence-electron chi connectivity index (χ0n) is 15.6. The minimum absolute atomic E-state index is 0.0232. The number of para-hydroxylation sites is 1. The zero-order valence-corrected chi connectivity index (χ0v) is 15.6. The highest BCUT2D eigenvalue weighted by atomic mass is 16.5. The molecule has 2 aromatic rings. The molecular formula is C20H21N3O5. The maximum absolute atomic E-state index is 12.4. The van der Waals surface area contributed by atoms with Gasteiger partial charge in [0.05, 0.1) is 24.3 Å². The molecule has 3 rings (SSSR count). The molecule has 3 amide bonds. The van der Waals surface area contributed by atoms with E-state index in [-0.39, 0.29) is 30.2 Å². The third-order valence-corrected chi connectivity index (χ3v) is 4.57. The smallest absolute Gasteiger partial charge is 0.273 e. The van der Waals surface area contributed by atoms with Gasteiger partial charge in [0, 0.05) is 13.0 Å². The van der Waals surface area contributed by atoms with E-state index in [9.17, 15) is 19.5 Å². The standard InChI is InChI=1S/C20H21N3O5/c1-12-7-8-17(28-2)15(9-12)23-11-13(10-18(23)25)19(26)21-22-20(27)14-5-3-4-6-16(14)24/h3-9,13,24H,10-11H2,1-2H3,(H,21,26)(H,22,27). The van der Waals surface area contributed by atoms with E-state index in [1.165, 1.54) is 24.1 Å². The fourth-order valence-corrected chi connectivity index (χ4v) is 3.08. The number of phenolic OH excluding ortho intramolecular Hbond substituents is 1. The molecule has 146 valence electrons. The number of hydrazine groups is 1. The first-order chi connectivity index (χ1) is 13.4. The van der Waals surface area contributed by atoms with Crippen LogP contribution >= 0.6 is 0 Å². The lowest BCUT2D eigenvalue weighted by Crippen LogP contribution is -2.45. The molecule has 1 heterocycles. The fraction of sp³-hybridized carbons (Fsp3) is 0.250. The van der Waals surface area contributed by atoms with E-state index in [4.69, 9.17) is 4.74 Å². The van der Waals surface area contributed by atoms with Gasteiger partial charge in [-0.25, -0.2) is 0 Å². The van der Waals surface area contributed by atoms with Gasteiger partial charge >= 0.3 is 0 Å². The monoisotopic (exact) mass is 383 g/mol. The molecule has 1 aliphatic rings. The summed E-state index contributed by atoms with van der Waals surface area (Å²) in [6.07, 6.45) is 0.0232. The number of benzene rings is 2. The predicted molar refractivity (Wildman–Crippen MR) is 102 cm³/mol. The molecule has 2 aromatic carbocycles. The van der Waals surface area contributed by atoms with Crippen LogP contribution in [-0.2, 0) is 9.59 Å². The molecule has 0 spiro atoms. The normalized spacial score (nSPS) is 16.0. The summed E-state index contributed by atoms with van der Waals surface area (Å²) in [7, 11) is 1.52. The van der Waals surface area contributed by atoms with Crippen LogP contribution in [0.1, 0.15) is 22.3 Å². The summed E-state index contributed by atoms with van der Waals surface area (Å²) in [5.41, 5.74) is 6.20. The number of nitrogens with zero attached hydrogens (tertiary/aromatic N) is 1. The van der Waals surface area contributed by atoms with E-state index in [0.717, 1.165) is 5.56 Å². The largest absolute Gasteiger partial charge is 0.507 e. The highest BCUT2D eigenvalue weighted by Gasteiger charge is 2.36. The van der Waals surface area contributed by atoms with E-state index < -0.39 is 17.7 Å². The van der Waals surface area contributed by atoms with Crippen LogP contribution in [0.25, 0.3) is 0 Å². The highest BCUT2D eigenvalue weighted by molar-refractivity contribution is 6.02. The van der Waals surface area contributed by atoms with Crippen molar-refractivity contribution in [1.29, 1.82) is 0 Å². The lowest BCUT2D eigenvalue weighted by molar-refractivity contribution is -0.126. The number of methoxy groups -OCH3 is 1. The number of hydrogen-bond acceptors (Lipinski definition) is 5. The lowest BCUT2D eigenvalue weighted by Gasteiger charge is -2.20. The third kappa shape index (κ3) is 3.90. The van der Waals surface area contributed by atoms with Crippen LogP contribution in [-0.4, -0.2) is 36.5 Å². The second kappa shape index (κ2) is 7.99. The zero-order chi connectivity index (χ0) is 20.3. The van der Waals surface area contributed by atoms with Gasteiger partial charge in [-0.05, 0) is 36.8 Å². The number of aromatic hydroxyl groups is 1. The van der Waals surface area contributed by atoms with Crippen LogP contribution in [0.2, 0.25) is 0 Å². The Morgan fingerprint density at radius 3 is 2.64 bits per heavy atom. The van der Waals surface area contributed by atoms with E-state index in [2.05, 4.69) is 10.9 Å². The van der Waals surface area contributed by atoms with E-state index >= 15 is 0 Å². The Morgan fingerprint density at radius 1 is 1.18 bits per heavy atom. The molecule has 3 N–H and O–H groups in total. The van der Waals surface area contributed by atoms with Crippen LogP contribution in [0.4, 0.5) is 5.69 Å². The first-order valence-corrected chi connectivity index (χ1v) is 8.74. The Morgan fingerprint density at radius 2 is 1.93 bits per heavy atom. The first kappa shape index (κ1) is 19.2. The van der Waals surface area contributed by atoms with Crippen molar-refractivity contribution >= 4 is 23.4 Å². The molecule has 1 atom stereocenters. The summed E-state index contributed by atoms with van der Waals surface area (Å²) in [6, 6.07) is 11.5. The Kier molecular flexibility index (Phi) is 5.49. The Labute approximate surface area is 162 Å². The third-order valence-electron chi connectivity index (χ3n) is 4.57. The molecule has 8 heteroatoms. The van der Waals surface area contributed by atoms with Gasteiger partial charge in [-0.1, -0.05) is 18.2 Å². The molecule has 1 fully saturated rings. The van der Waals surface area contributed by atoms with E-state index in [0.29, 0.717) is 11.4 Å². The fourth-order valence-electron chi connectivity index (χ4n) is 3.08. The van der Waals surface area contributed by atoms with Gasteiger partial charge in [-0.2, -0.15) is 0 Å². The van der Waals surface area contributed by atoms with Gasteiger partial charge < -0.3 is 14.7 Å². The minimum Gasteiger partial charge on any atom is -0.507 e. The number of hydrogen-bond donors (Lipinski definition) is 3. The number of amides is 3. The number of carbonyl (C=O) groups excluding carboxylic acids is 3.